The van der Waals surface area contributed by atoms with Crippen LogP contribution >= 0.6 is 11.3 Å². The van der Waals surface area contributed by atoms with Crippen molar-refractivity contribution in [3.8, 4) is 22.9 Å². The van der Waals surface area contributed by atoms with Crippen LogP contribution in [-0.2, 0) is 12.8 Å². The van der Waals surface area contributed by atoms with Gasteiger partial charge in [0, 0.05) is 16.5 Å². The molecule has 0 saturated heterocycles. The van der Waals surface area contributed by atoms with E-state index in [1.165, 1.54) is 16.9 Å². The number of hydrogen-bond donors (Lipinski definition) is 0. The van der Waals surface area contributed by atoms with Gasteiger partial charge < -0.3 is 9.47 Å². The molecule has 0 saturated carbocycles. The average molecular weight is 380 g/mol. The molecule has 0 amide bonds. The van der Waals surface area contributed by atoms with Gasteiger partial charge in [0.2, 0.25) is 0 Å². The lowest BCUT2D eigenvalue weighted by atomic mass is 9.89. The first kappa shape index (κ1) is 16.5. The van der Waals surface area contributed by atoms with E-state index in [9.17, 15) is 0 Å². The summed E-state index contributed by atoms with van der Waals surface area (Å²) < 4.78 is 12.8. The zero-order valence-corrected chi connectivity index (χ0v) is 16.3. The first-order valence-corrected chi connectivity index (χ1v) is 9.87. The summed E-state index contributed by atoms with van der Waals surface area (Å²) in [5.74, 6) is 2.91. The number of aryl methyl sites for hydroxylation is 1. The minimum atomic E-state index is 0.719. The van der Waals surface area contributed by atoms with E-state index < -0.39 is 0 Å². The molecule has 3 heterocycles. The van der Waals surface area contributed by atoms with Crippen molar-refractivity contribution in [3.05, 3.63) is 35.0 Å². The van der Waals surface area contributed by atoms with Crippen LogP contribution in [0.3, 0.4) is 0 Å². The van der Waals surface area contributed by atoms with Crippen LogP contribution in [0.2, 0.25) is 0 Å². The molecule has 3 aromatic heterocycles. The number of nitrogens with zero attached hydrogens (tertiary/aromatic N) is 4. The zero-order valence-electron chi connectivity index (χ0n) is 15.5. The van der Waals surface area contributed by atoms with E-state index in [1.54, 1.807) is 25.6 Å². The third-order valence-corrected chi connectivity index (χ3v) is 6.47. The molecule has 27 heavy (non-hydrogen) atoms. The molecule has 1 aromatic carbocycles. The summed E-state index contributed by atoms with van der Waals surface area (Å²) in [6.45, 7) is 2.32. The highest BCUT2D eigenvalue weighted by molar-refractivity contribution is 7.19. The number of methoxy groups -OCH3 is 2. The molecule has 1 aliphatic carbocycles. The van der Waals surface area contributed by atoms with Crippen molar-refractivity contribution in [3.63, 3.8) is 0 Å². The minimum Gasteiger partial charge on any atom is -0.497 e. The normalized spacial score (nSPS) is 16.6. The van der Waals surface area contributed by atoms with Gasteiger partial charge in [-0.1, -0.05) is 6.92 Å². The first-order valence-electron chi connectivity index (χ1n) is 9.05. The second kappa shape index (κ2) is 6.20. The Balaban J connectivity index is 1.73. The van der Waals surface area contributed by atoms with E-state index in [-0.39, 0.29) is 0 Å². The minimum absolute atomic E-state index is 0.719. The summed E-state index contributed by atoms with van der Waals surface area (Å²) in [6, 6.07) is 5.72. The largest absolute Gasteiger partial charge is 0.497 e. The maximum absolute atomic E-state index is 5.40. The van der Waals surface area contributed by atoms with Gasteiger partial charge in [0.25, 0.3) is 0 Å². The van der Waals surface area contributed by atoms with Crippen molar-refractivity contribution in [1.29, 1.82) is 0 Å². The third kappa shape index (κ3) is 2.56. The number of hydrogen-bond acceptors (Lipinski definition) is 6. The predicted octanol–water partition coefficient (Wildman–Crippen LogP) is 4.15. The van der Waals surface area contributed by atoms with Crippen LogP contribution in [0.5, 0.6) is 11.5 Å². The van der Waals surface area contributed by atoms with Crippen molar-refractivity contribution in [1.82, 2.24) is 19.6 Å². The Morgan fingerprint density at radius 1 is 1.11 bits per heavy atom. The molecule has 0 aliphatic heterocycles. The smallest absolute Gasteiger partial charge is 0.172 e. The highest BCUT2D eigenvalue weighted by Crippen LogP contribution is 2.39. The number of benzene rings is 1. The number of rotatable bonds is 3. The summed E-state index contributed by atoms with van der Waals surface area (Å²) >= 11 is 1.80. The molecule has 0 N–H and O–H groups in total. The molecule has 0 bridgehead atoms. The summed E-state index contributed by atoms with van der Waals surface area (Å²) in [6.07, 6.45) is 5.27. The van der Waals surface area contributed by atoms with Crippen LogP contribution in [0, 0.1) is 5.92 Å². The Hall–Kier alpha value is -2.67. The Labute approximate surface area is 160 Å². The van der Waals surface area contributed by atoms with E-state index in [2.05, 4.69) is 17.1 Å². The first-order chi connectivity index (χ1) is 13.2. The lowest BCUT2D eigenvalue weighted by molar-refractivity contribution is 0.394. The summed E-state index contributed by atoms with van der Waals surface area (Å²) in [7, 11) is 3.29. The van der Waals surface area contributed by atoms with E-state index in [0.29, 0.717) is 0 Å². The summed E-state index contributed by atoms with van der Waals surface area (Å²) in [5.41, 5.74) is 3.18. The maximum atomic E-state index is 5.40. The molecular weight excluding hydrogens is 360 g/mol. The number of fused-ring (bicyclic) bond motifs is 5. The maximum Gasteiger partial charge on any atom is 0.172 e. The molecular formula is C20H20N4O2S. The highest BCUT2D eigenvalue weighted by atomic mass is 32.1. The van der Waals surface area contributed by atoms with Gasteiger partial charge in [-0.2, -0.15) is 0 Å². The molecule has 0 spiro atoms. The third-order valence-electron chi connectivity index (χ3n) is 5.31. The van der Waals surface area contributed by atoms with Gasteiger partial charge >= 0.3 is 0 Å². The van der Waals surface area contributed by atoms with E-state index >= 15 is 0 Å². The average Bonchev–Trinajstić information content (AvgIpc) is 3.27. The van der Waals surface area contributed by atoms with Gasteiger partial charge in [0.05, 0.1) is 19.6 Å². The van der Waals surface area contributed by atoms with E-state index in [0.717, 1.165) is 57.5 Å². The van der Waals surface area contributed by atoms with Gasteiger partial charge in [-0.25, -0.2) is 4.98 Å². The number of ether oxygens (including phenoxy) is 2. The lowest BCUT2D eigenvalue weighted by Crippen LogP contribution is -2.08. The molecule has 0 fully saturated rings. The molecule has 6 nitrogen and oxygen atoms in total. The number of thiophene rings is 1. The standard InChI is InChI=1S/C20H20N4O2S/c1-11-4-5-15-16(6-11)27-20-17(15)19-23-22-18(24(19)10-21-20)12-7-13(25-2)9-14(8-12)26-3/h7-11H,4-6H2,1-3H3/t11-/m0/s1. The van der Waals surface area contributed by atoms with Crippen molar-refractivity contribution >= 4 is 27.2 Å². The van der Waals surface area contributed by atoms with Crippen molar-refractivity contribution in [2.24, 2.45) is 5.92 Å². The summed E-state index contributed by atoms with van der Waals surface area (Å²) in [5, 5.41) is 10.2. The molecule has 0 radical (unpaired) electrons. The molecule has 4 aromatic rings. The SMILES string of the molecule is COc1cc(OC)cc(-c2nnc3c4c5c(sc4ncn23)C[C@@H](C)CC5)c1. The molecule has 1 aliphatic rings. The Kier molecular flexibility index (Phi) is 3.79. The van der Waals surface area contributed by atoms with Crippen LogP contribution in [0.4, 0.5) is 0 Å². The van der Waals surface area contributed by atoms with E-state index in [4.69, 9.17) is 14.5 Å². The molecule has 5 rings (SSSR count). The van der Waals surface area contributed by atoms with Crippen LogP contribution in [0.1, 0.15) is 23.8 Å². The van der Waals surface area contributed by atoms with Gasteiger partial charge in [0.1, 0.15) is 22.7 Å². The van der Waals surface area contributed by atoms with Crippen molar-refractivity contribution in [2.75, 3.05) is 14.2 Å². The van der Waals surface area contributed by atoms with Crippen molar-refractivity contribution in [2.45, 2.75) is 26.2 Å². The fourth-order valence-electron chi connectivity index (χ4n) is 3.87. The second-order valence-electron chi connectivity index (χ2n) is 7.10. The lowest BCUT2D eigenvalue weighted by Gasteiger charge is -2.17. The van der Waals surface area contributed by atoms with Crippen molar-refractivity contribution < 1.29 is 9.47 Å². The van der Waals surface area contributed by atoms with Crippen LogP contribution in [0.15, 0.2) is 24.5 Å². The molecule has 138 valence electrons. The topological polar surface area (TPSA) is 61.5 Å². The van der Waals surface area contributed by atoms with Crippen LogP contribution < -0.4 is 9.47 Å². The Bertz CT molecular complexity index is 1140. The highest BCUT2D eigenvalue weighted by Gasteiger charge is 2.24. The predicted molar refractivity (Wildman–Crippen MR) is 106 cm³/mol. The van der Waals surface area contributed by atoms with Gasteiger partial charge in [-0.15, -0.1) is 21.5 Å². The quantitative estimate of drug-likeness (QED) is 0.534. The van der Waals surface area contributed by atoms with Gasteiger partial charge in [-0.3, -0.25) is 4.40 Å². The number of aromatic nitrogens is 4. The van der Waals surface area contributed by atoms with Gasteiger partial charge in [0.15, 0.2) is 11.5 Å². The van der Waals surface area contributed by atoms with E-state index in [1.807, 2.05) is 28.9 Å². The Morgan fingerprint density at radius 3 is 2.63 bits per heavy atom. The monoisotopic (exact) mass is 380 g/mol. The summed E-state index contributed by atoms with van der Waals surface area (Å²) in [4.78, 5) is 7.24. The fraction of sp³-hybridized carbons (Fsp3) is 0.350. The fourth-order valence-corrected chi connectivity index (χ4v) is 5.22. The zero-order chi connectivity index (χ0) is 18.5. The van der Waals surface area contributed by atoms with Crippen LogP contribution in [0.25, 0.3) is 27.3 Å². The van der Waals surface area contributed by atoms with Crippen LogP contribution in [-0.4, -0.2) is 33.8 Å². The van der Waals surface area contributed by atoms with Gasteiger partial charge in [-0.05, 0) is 42.9 Å². The Morgan fingerprint density at radius 2 is 1.89 bits per heavy atom. The molecule has 1 atom stereocenters. The molecule has 7 heteroatoms. The second-order valence-corrected chi connectivity index (χ2v) is 8.18. The molecule has 0 unspecified atom stereocenters.